The molecule has 3 aliphatic carbocycles. The van der Waals surface area contributed by atoms with Crippen LogP contribution in [0.3, 0.4) is 0 Å². The molecule has 24 nitrogen and oxygen atoms in total. The predicted molar refractivity (Wildman–Crippen MR) is 527 cm³/mol. The third-order valence-electron chi connectivity index (χ3n) is 25.8. The van der Waals surface area contributed by atoms with E-state index in [4.69, 9.17) is 114 Å². The second-order valence-electron chi connectivity index (χ2n) is 35.4. The maximum absolute atomic E-state index is 7.18. The summed E-state index contributed by atoms with van der Waals surface area (Å²) in [6, 6.07) is 76.4. The van der Waals surface area contributed by atoms with E-state index in [0.717, 1.165) is 191 Å². The first-order valence-electron chi connectivity index (χ1n) is 49.4. The molecule has 0 atom stereocenters. The van der Waals surface area contributed by atoms with Crippen LogP contribution in [0.4, 0.5) is 0 Å². The number of rotatable bonds is 0. The monoisotopic (exact) mass is 1900 g/mol. The van der Waals surface area contributed by atoms with Gasteiger partial charge >= 0.3 is 0 Å². The van der Waals surface area contributed by atoms with E-state index in [2.05, 4.69) is 218 Å². The standard InChI is InChI=1S/C116H124O24/c1-13-81-69-85-17-3-20-88-72-84-16-2-14-82-70-86-18-4-19-87(110(86)136-66-54-126-56-68-138-140-116-102-34-12-36-104(116)80-100-32-10-28-96(114(100)134-64-52-124-50-62-132-108(82)84)76-92-24-6-22-90-74-94-26-8-30-98(78-102)112(94)130-60-48-122-44-40-118-38-42-120-46-58-128-106(90)92)71-83(15-1)107(81)131-61-49-123-51-63-133-113-95-27-9-31-99(113)79-103-35-11-33-101(115(103)139-137-67-55-125-53-65-135-109(85)88)77-97-29-7-25-93-73-89-21-5-23-91(75-95)105(89)127-57-45-119-41-37-117-39-43-121-47-59-129-111(93)97/h1-36H,37-80H2. The fourth-order valence-corrected chi connectivity index (χ4v) is 19.4. The minimum Gasteiger partial charge on any atom is -0.491 e. The number of para-hydroxylation sites is 12. The number of hydrogen-bond donors (Lipinski definition) is 0. The molecule has 140 heavy (non-hydrogen) atoms. The molecule has 0 aromatic heterocycles. The van der Waals surface area contributed by atoms with Gasteiger partial charge in [-0.3, -0.25) is 0 Å². The van der Waals surface area contributed by atoms with Crippen LogP contribution in [0.5, 0.6) is 69.0 Å². The van der Waals surface area contributed by atoms with Gasteiger partial charge in [-0.1, -0.05) is 218 Å². The zero-order valence-corrected chi connectivity index (χ0v) is 79.7. The molecule has 36 bridgehead atoms. The zero-order valence-electron chi connectivity index (χ0n) is 79.7. The Morgan fingerprint density at radius 2 is 0.193 bits per heavy atom. The van der Waals surface area contributed by atoms with Crippen LogP contribution in [0.25, 0.3) is 0 Å². The highest BCUT2D eigenvalue weighted by atomic mass is 17.2. The smallest absolute Gasteiger partial charge is 0.172 e. The van der Waals surface area contributed by atoms with E-state index >= 15 is 0 Å². The third kappa shape index (κ3) is 25.4. The van der Waals surface area contributed by atoms with Crippen LogP contribution < -0.4 is 57.1 Å². The fraction of sp³-hybridized carbons (Fsp3) is 0.379. The van der Waals surface area contributed by atoms with Crippen molar-refractivity contribution in [2.75, 3.05) is 211 Å². The number of benzene rings is 12. The molecular weight excluding hydrogens is 1780 g/mol. The first-order valence-corrected chi connectivity index (χ1v) is 49.4. The normalized spacial score (nSPS) is 17.7. The second kappa shape index (κ2) is 50.2. The Bertz CT molecular complexity index is 5730. The third-order valence-corrected chi connectivity index (χ3v) is 25.8. The average Bonchev–Trinajstić information content (AvgIpc) is 0.793. The fourth-order valence-electron chi connectivity index (χ4n) is 19.4. The van der Waals surface area contributed by atoms with E-state index in [1.165, 1.54) is 0 Å². The number of hydrogen-bond acceptors (Lipinski definition) is 24. The molecule has 24 heteroatoms. The summed E-state index contributed by atoms with van der Waals surface area (Å²) in [5, 5.41) is 0. The summed E-state index contributed by atoms with van der Waals surface area (Å²) in [5.74, 6) is 8.79. The van der Waals surface area contributed by atoms with E-state index < -0.39 is 0 Å². The van der Waals surface area contributed by atoms with Crippen LogP contribution in [0.1, 0.15) is 134 Å². The molecule has 0 fully saturated rings. The van der Waals surface area contributed by atoms with Gasteiger partial charge in [0.15, 0.2) is 11.5 Å². The lowest BCUT2D eigenvalue weighted by atomic mass is 9.91. The summed E-state index contributed by atoms with van der Waals surface area (Å²) in [6.45, 7) is 9.80. The van der Waals surface area contributed by atoms with Crippen molar-refractivity contribution in [3.8, 4) is 69.0 Å². The molecule has 0 N–H and O–H groups in total. The van der Waals surface area contributed by atoms with Crippen LogP contribution in [-0.4, -0.2) is 211 Å². The van der Waals surface area contributed by atoms with Gasteiger partial charge < -0.3 is 105 Å². The lowest BCUT2D eigenvalue weighted by Crippen LogP contribution is -2.16. The summed E-state index contributed by atoms with van der Waals surface area (Å²) in [6.07, 6.45) is 5.60. The zero-order chi connectivity index (χ0) is 94.3. The maximum atomic E-state index is 7.18. The minimum atomic E-state index is 0.109. The lowest BCUT2D eigenvalue weighted by Gasteiger charge is -2.23. The van der Waals surface area contributed by atoms with E-state index in [1.807, 2.05) is 0 Å². The van der Waals surface area contributed by atoms with Gasteiger partial charge in [-0.15, -0.1) is 0 Å². The maximum Gasteiger partial charge on any atom is 0.172 e. The van der Waals surface area contributed by atoms with Crippen LogP contribution >= 0.6 is 0 Å². The highest BCUT2D eigenvalue weighted by Gasteiger charge is 2.30. The van der Waals surface area contributed by atoms with Gasteiger partial charge in [-0.25, -0.2) is 0 Å². The van der Waals surface area contributed by atoms with E-state index in [1.54, 1.807) is 0 Å². The topological polar surface area (TPSA) is 222 Å². The Kier molecular flexibility index (Phi) is 34.7. The molecule has 0 amide bonds. The van der Waals surface area contributed by atoms with Crippen LogP contribution in [0.2, 0.25) is 0 Å². The molecule has 12 aromatic carbocycles. The van der Waals surface area contributed by atoms with Crippen molar-refractivity contribution in [1.29, 1.82) is 0 Å². The van der Waals surface area contributed by atoms with E-state index in [-0.39, 0.29) is 106 Å². The van der Waals surface area contributed by atoms with Gasteiger partial charge in [0.2, 0.25) is 0 Å². The Labute approximate surface area is 819 Å². The molecule has 4 heterocycles. The summed E-state index contributed by atoms with van der Waals surface area (Å²) < 4.78 is 132. The molecule has 0 saturated carbocycles. The van der Waals surface area contributed by atoms with Gasteiger partial charge in [0.25, 0.3) is 0 Å². The first kappa shape index (κ1) is 96.6. The van der Waals surface area contributed by atoms with Crippen molar-refractivity contribution < 1.29 is 114 Å². The van der Waals surface area contributed by atoms with Crippen molar-refractivity contribution >= 4 is 0 Å². The van der Waals surface area contributed by atoms with Crippen molar-refractivity contribution in [2.24, 2.45) is 0 Å². The number of ether oxygens (including phenoxy) is 20. The van der Waals surface area contributed by atoms with Gasteiger partial charge in [0.05, 0.1) is 132 Å². The summed E-state index contributed by atoms with van der Waals surface area (Å²) in [7, 11) is 0. The molecule has 0 saturated heterocycles. The molecule has 12 aromatic rings. The molecule has 0 unspecified atom stereocenters. The van der Waals surface area contributed by atoms with Gasteiger partial charge in [0.1, 0.15) is 137 Å². The Balaban J connectivity index is 0.630. The quantitative estimate of drug-likeness (QED) is 0.129. The van der Waals surface area contributed by atoms with Gasteiger partial charge in [-0.2, -0.15) is 9.78 Å². The minimum absolute atomic E-state index is 0.109. The summed E-state index contributed by atoms with van der Waals surface area (Å²) in [5.41, 5.74) is 23.1. The van der Waals surface area contributed by atoms with Crippen molar-refractivity contribution in [2.45, 2.75) is 77.0 Å². The Morgan fingerprint density at radius 1 is 0.100 bits per heavy atom. The molecule has 0 radical (unpaired) electrons. The Hall–Kier alpha value is -12.2. The van der Waals surface area contributed by atoms with E-state index in [0.29, 0.717) is 194 Å². The molecule has 732 valence electrons. The lowest BCUT2D eigenvalue weighted by molar-refractivity contribution is -0.216. The van der Waals surface area contributed by atoms with Crippen LogP contribution in [0, 0.1) is 0 Å². The molecular formula is C116H124O24. The molecule has 0 spiro atoms. The summed E-state index contributed by atoms with van der Waals surface area (Å²) in [4.78, 5) is 25.9. The Morgan fingerprint density at radius 3 is 0.307 bits per heavy atom. The SMILES string of the molecule is c1cc2c3c(c1)Cc1cccc4c1OCCOCCOc1c5cccc1Cc1cccc(c1OOCCOCCOc1c(cccc1C4)Cc1cccc(c1OCCOCCOc1c4cccc1Cc1cccc(c1OOCCOCCO3)Cc1cccc3c1OCCOCCOCCOCCOc1c(cccc1C4)C3)C2)Cc1cccc2c1OCCOCCOCCOCCOc1c(cccc1C5)C2. The van der Waals surface area contributed by atoms with E-state index in [9.17, 15) is 0 Å². The van der Waals surface area contributed by atoms with Gasteiger partial charge in [0, 0.05) is 99.3 Å². The van der Waals surface area contributed by atoms with Gasteiger partial charge in [-0.05, 0) is 111 Å². The highest BCUT2D eigenvalue weighted by molar-refractivity contribution is 5.61. The average molecular weight is 1900 g/mol. The van der Waals surface area contributed by atoms with Crippen LogP contribution in [-0.2, 0) is 134 Å². The van der Waals surface area contributed by atoms with Crippen molar-refractivity contribution in [1.82, 2.24) is 0 Å². The van der Waals surface area contributed by atoms with Crippen LogP contribution in [0.15, 0.2) is 218 Å². The first-order chi connectivity index (χ1) is 69.5. The second-order valence-corrected chi connectivity index (χ2v) is 35.4. The van der Waals surface area contributed by atoms with Crippen molar-refractivity contribution in [3.05, 3.63) is 352 Å². The summed E-state index contributed by atoms with van der Waals surface area (Å²) >= 11 is 0. The highest BCUT2D eigenvalue weighted by Crippen LogP contribution is 2.45. The molecule has 4 aliphatic heterocycles. The predicted octanol–water partition coefficient (Wildman–Crippen LogP) is 17.7. The molecule has 19 rings (SSSR count). The largest absolute Gasteiger partial charge is 0.491 e. The van der Waals surface area contributed by atoms with Crippen molar-refractivity contribution in [3.63, 3.8) is 0 Å². The molecule has 7 aliphatic rings.